The van der Waals surface area contributed by atoms with Gasteiger partial charge in [0.15, 0.2) is 0 Å². The van der Waals surface area contributed by atoms with E-state index in [1.807, 2.05) is 6.92 Å². The normalized spacial score (nSPS) is 17.4. The maximum atomic E-state index is 13.2. The van der Waals surface area contributed by atoms with Crippen LogP contribution in [0.4, 0.5) is 4.79 Å². The van der Waals surface area contributed by atoms with Gasteiger partial charge in [0, 0.05) is 31.2 Å². The van der Waals surface area contributed by atoms with Crippen LogP contribution < -0.4 is 15.4 Å². The van der Waals surface area contributed by atoms with Gasteiger partial charge in [0.1, 0.15) is 10.6 Å². The summed E-state index contributed by atoms with van der Waals surface area (Å²) in [4.78, 5) is 23.6. The van der Waals surface area contributed by atoms with Gasteiger partial charge < -0.3 is 20.1 Å². The third kappa shape index (κ3) is 5.83. The number of nitrogens with one attached hydrogen (secondary N) is 2. The van der Waals surface area contributed by atoms with E-state index in [9.17, 15) is 18.0 Å². The average molecular weight is 428 g/mol. The van der Waals surface area contributed by atoms with Gasteiger partial charge in [-0.3, -0.25) is 4.79 Å². The van der Waals surface area contributed by atoms with E-state index in [0.717, 1.165) is 19.3 Å². The number of hydrogen-bond acceptors (Lipinski definition) is 6. The number of amides is 2. The molecule has 1 aromatic rings. The van der Waals surface area contributed by atoms with E-state index < -0.39 is 22.0 Å². The van der Waals surface area contributed by atoms with Gasteiger partial charge in [0.2, 0.25) is 10.0 Å². The van der Waals surface area contributed by atoms with E-state index in [4.69, 9.17) is 9.47 Å². The van der Waals surface area contributed by atoms with Crippen molar-refractivity contribution in [3.05, 3.63) is 23.8 Å². The van der Waals surface area contributed by atoms with Crippen LogP contribution in [0.2, 0.25) is 0 Å². The third-order valence-electron chi connectivity index (χ3n) is 4.71. The van der Waals surface area contributed by atoms with E-state index in [1.165, 1.54) is 29.6 Å². The van der Waals surface area contributed by atoms with Crippen LogP contribution in [0.1, 0.15) is 43.5 Å². The summed E-state index contributed by atoms with van der Waals surface area (Å²) >= 11 is 0. The summed E-state index contributed by atoms with van der Waals surface area (Å²) in [5.41, 5.74) is 0.199. The van der Waals surface area contributed by atoms with Crippen LogP contribution in [0.3, 0.4) is 0 Å². The first-order chi connectivity index (χ1) is 13.8. The number of ether oxygens (including phenoxy) is 2. The van der Waals surface area contributed by atoms with Crippen LogP contribution >= 0.6 is 0 Å². The Morgan fingerprint density at radius 3 is 2.59 bits per heavy atom. The molecule has 1 aromatic carbocycles. The van der Waals surface area contributed by atoms with Crippen molar-refractivity contribution in [2.24, 2.45) is 0 Å². The van der Waals surface area contributed by atoms with Crippen LogP contribution in [0.25, 0.3) is 0 Å². The van der Waals surface area contributed by atoms with Crippen molar-refractivity contribution in [3.63, 3.8) is 0 Å². The van der Waals surface area contributed by atoms with Gasteiger partial charge in [0.25, 0.3) is 5.91 Å². The zero-order valence-corrected chi connectivity index (χ0v) is 17.9. The number of nitrogens with zero attached hydrogens (tertiary/aromatic N) is 1. The van der Waals surface area contributed by atoms with E-state index in [1.54, 1.807) is 6.92 Å². The molecule has 0 saturated carbocycles. The highest BCUT2D eigenvalue weighted by molar-refractivity contribution is 7.89. The second kappa shape index (κ2) is 10.4. The molecule has 10 heteroatoms. The number of alkyl carbamates (subject to hydrolysis) is 1. The van der Waals surface area contributed by atoms with Crippen LogP contribution in [0, 0.1) is 0 Å². The zero-order chi connectivity index (χ0) is 21.4. The summed E-state index contributed by atoms with van der Waals surface area (Å²) in [6.07, 6.45) is 2.04. The quantitative estimate of drug-likeness (QED) is 0.611. The molecule has 1 aliphatic heterocycles. The molecule has 1 saturated heterocycles. The Balaban J connectivity index is 2.13. The Bertz CT molecular complexity index is 827. The fraction of sp³-hybridized carbons (Fsp3) is 0.579. The third-order valence-corrected chi connectivity index (χ3v) is 6.74. The number of carbonyl (C=O) groups is 2. The van der Waals surface area contributed by atoms with Gasteiger partial charge >= 0.3 is 6.09 Å². The largest absolute Gasteiger partial charge is 0.495 e. The molecule has 1 fully saturated rings. The molecule has 1 aliphatic rings. The van der Waals surface area contributed by atoms with Crippen molar-refractivity contribution in [1.82, 2.24) is 14.9 Å². The summed E-state index contributed by atoms with van der Waals surface area (Å²) in [5.74, 6) is -0.246. The number of rotatable bonds is 8. The first-order valence-corrected chi connectivity index (χ1v) is 11.1. The molecule has 2 amide bonds. The number of carbonyl (C=O) groups excluding carboxylic acids is 2. The maximum Gasteiger partial charge on any atom is 0.407 e. The molecule has 1 atom stereocenters. The fourth-order valence-electron chi connectivity index (χ4n) is 3.20. The molecule has 2 N–H and O–H groups in total. The van der Waals surface area contributed by atoms with Crippen molar-refractivity contribution < 1.29 is 27.5 Å². The molecule has 0 radical (unpaired) electrons. The monoisotopic (exact) mass is 427 g/mol. The molecule has 2 rings (SSSR count). The lowest BCUT2D eigenvalue weighted by Crippen LogP contribution is -2.42. The summed E-state index contributed by atoms with van der Waals surface area (Å²) in [6.45, 7) is 4.66. The number of sulfonamides is 1. The topological polar surface area (TPSA) is 114 Å². The van der Waals surface area contributed by atoms with Crippen molar-refractivity contribution in [2.75, 3.05) is 33.4 Å². The SMILES string of the molecule is CCOC(=O)NCCNC(=O)c1ccc(OC)c(S(=O)(=O)N2CCCCC2C)c1. The first-order valence-electron chi connectivity index (χ1n) is 9.70. The summed E-state index contributed by atoms with van der Waals surface area (Å²) in [5, 5.41) is 5.14. The van der Waals surface area contributed by atoms with Gasteiger partial charge in [-0.05, 0) is 44.9 Å². The molecule has 29 heavy (non-hydrogen) atoms. The molecule has 0 aromatic heterocycles. The van der Waals surface area contributed by atoms with E-state index in [2.05, 4.69) is 10.6 Å². The Labute approximate surface area is 171 Å². The second-order valence-electron chi connectivity index (χ2n) is 6.73. The Morgan fingerprint density at radius 2 is 1.93 bits per heavy atom. The number of methoxy groups -OCH3 is 1. The Morgan fingerprint density at radius 1 is 1.21 bits per heavy atom. The molecular formula is C19H29N3O6S. The lowest BCUT2D eigenvalue weighted by atomic mass is 10.1. The number of hydrogen-bond donors (Lipinski definition) is 2. The Hall–Kier alpha value is -2.33. The summed E-state index contributed by atoms with van der Waals surface area (Å²) < 4.78 is 37.8. The summed E-state index contributed by atoms with van der Waals surface area (Å²) in [6, 6.07) is 4.22. The highest BCUT2D eigenvalue weighted by Gasteiger charge is 2.33. The lowest BCUT2D eigenvalue weighted by Gasteiger charge is -2.32. The van der Waals surface area contributed by atoms with Gasteiger partial charge in [-0.25, -0.2) is 13.2 Å². The molecule has 0 bridgehead atoms. The van der Waals surface area contributed by atoms with Crippen molar-refractivity contribution >= 4 is 22.0 Å². The molecule has 0 aliphatic carbocycles. The fourth-order valence-corrected chi connectivity index (χ4v) is 5.08. The van der Waals surface area contributed by atoms with Crippen LogP contribution in [0.5, 0.6) is 5.75 Å². The van der Waals surface area contributed by atoms with Crippen molar-refractivity contribution in [1.29, 1.82) is 0 Å². The molecule has 1 unspecified atom stereocenters. The molecule has 1 heterocycles. The van der Waals surface area contributed by atoms with E-state index >= 15 is 0 Å². The second-order valence-corrected chi connectivity index (χ2v) is 8.59. The highest BCUT2D eigenvalue weighted by Crippen LogP contribution is 2.31. The van der Waals surface area contributed by atoms with Crippen molar-refractivity contribution in [2.45, 2.75) is 44.0 Å². The maximum absolute atomic E-state index is 13.2. The van der Waals surface area contributed by atoms with Crippen LogP contribution in [0.15, 0.2) is 23.1 Å². The van der Waals surface area contributed by atoms with Gasteiger partial charge in [0.05, 0.1) is 13.7 Å². The number of piperidine rings is 1. The Kier molecular flexibility index (Phi) is 8.27. The highest BCUT2D eigenvalue weighted by atomic mass is 32.2. The molecule has 9 nitrogen and oxygen atoms in total. The van der Waals surface area contributed by atoms with Crippen LogP contribution in [-0.2, 0) is 14.8 Å². The molecule has 0 spiro atoms. The summed E-state index contributed by atoms with van der Waals surface area (Å²) in [7, 11) is -2.40. The minimum atomic E-state index is -3.80. The van der Waals surface area contributed by atoms with Gasteiger partial charge in [-0.1, -0.05) is 6.42 Å². The minimum absolute atomic E-state index is 0.0222. The van der Waals surface area contributed by atoms with E-state index in [0.29, 0.717) is 6.54 Å². The molecular weight excluding hydrogens is 398 g/mol. The van der Waals surface area contributed by atoms with Crippen molar-refractivity contribution in [3.8, 4) is 5.75 Å². The zero-order valence-electron chi connectivity index (χ0n) is 17.1. The van der Waals surface area contributed by atoms with Gasteiger partial charge in [-0.15, -0.1) is 0 Å². The lowest BCUT2D eigenvalue weighted by molar-refractivity contribution is 0.0952. The predicted molar refractivity (Wildman–Crippen MR) is 108 cm³/mol. The predicted octanol–water partition coefficient (Wildman–Crippen LogP) is 1.73. The smallest absolute Gasteiger partial charge is 0.407 e. The standard InChI is InChI=1S/C19H29N3O6S/c1-4-28-19(24)21-11-10-20-18(23)15-8-9-16(27-3)17(13-15)29(25,26)22-12-6-5-7-14(22)2/h8-9,13-14H,4-7,10-12H2,1-3H3,(H,20,23)(H,21,24). The van der Waals surface area contributed by atoms with Gasteiger partial charge in [-0.2, -0.15) is 4.31 Å². The van der Waals surface area contributed by atoms with Crippen LogP contribution in [-0.4, -0.2) is 64.1 Å². The average Bonchev–Trinajstić information content (AvgIpc) is 2.71. The number of benzene rings is 1. The first kappa shape index (κ1) is 23.0. The minimum Gasteiger partial charge on any atom is -0.495 e. The van der Waals surface area contributed by atoms with E-state index in [-0.39, 0.29) is 41.9 Å². The molecule has 162 valence electrons.